The van der Waals surface area contributed by atoms with Crippen LogP contribution in [0.1, 0.15) is 30.3 Å². The Hall–Kier alpha value is -1.33. The van der Waals surface area contributed by atoms with E-state index < -0.39 is 11.4 Å². The summed E-state index contributed by atoms with van der Waals surface area (Å²) in [4.78, 5) is 29.1. The molecule has 0 saturated carbocycles. The SMILES string of the molecule is CC1(C(=O)O)CCCN(C(=O)c2nc(Cl)ccc2Cl)C1. The number of rotatable bonds is 2. The predicted molar refractivity (Wildman–Crippen MR) is 75.1 cm³/mol. The van der Waals surface area contributed by atoms with E-state index in [9.17, 15) is 14.7 Å². The molecule has 108 valence electrons. The van der Waals surface area contributed by atoms with Gasteiger partial charge in [-0.15, -0.1) is 0 Å². The molecule has 0 bridgehead atoms. The van der Waals surface area contributed by atoms with Crippen LogP contribution in [0.4, 0.5) is 0 Å². The molecule has 0 aromatic carbocycles. The number of carbonyl (C=O) groups excluding carboxylic acids is 1. The minimum absolute atomic E-state index is 0.0637. The highest BCUT2D eigenvalue weighted by Gasteiger charge is 2.40. The van der Waals surface area contributed by atoms with E-state index in [4.69, 9.17) is 23.2 Å². The second-order valence-corrected chi connectivity index (χ2v) is 5.95. The van der Waals surface area contributed by atoms with Gasteiger partial charge in [-0.1, -0.05) is 23.2 Å². The fraction of sp³-hybridized carbons (Fsp3) is 0.462. The predicted octanol–water partition coefficient (Wildman–Crippen LogP) is 2.72. The lowest BCUT2D eigenvalue weighted by molar-refractivity contribution is -0.150. The summed E-state index contributed by atoms with van der Waals surface area (Å²) in [5, 5.41) is 9.65. The number of carbonyl (C=O) groups is 2. The van der Waals surface area contributed by atoms with E-state index in [0.29, 0.717) is 19.4 Å². The third-order valence-corrected chi connectivity index (χ3v) is 4.03. The molecule has 2 rings (SSSR count). The van der Waals surface area contributed by atoms with Gasteiger partial charge in [-0.2, -0.15) is 0 Å². The Balaban J connectivity index is 2.25. The molecule has 7 heteroatoms. The molecule has 1 fully saturated rings. The fourth-order valence-electron chi connectivity index (χ4n) is 2.31. The van der Waals surface area contributed by atoms with Crippen molar-refractivity contribution in [3.8, 4) is 0 Å². The quantitative estimate of drug-likeness (QED) is 0.852. The first-order valence-corrected chi connectivity index (χ1v) is 6.94. The van der Waals surface area contributed by atoms with Crippen LogP contribution in [0.3, 0.4) is 0 Å². The fourth-order valence-corrected chi connectivity index (χ4v) is 2.64. The Morgan fingerprint density at radius 2 is 2.10 bits per heavy atom. The topological polar surface area (TPSA) is 70.5 Å². The van der Waals surface area contributed by atoms with Crippen LogP contribution < -0.4 is 0 Å². The van der Waals surface area contributed by atoms with Crippen LogP contribution in [0.5, 0.6) is 0 Å². The van der Waals surface area contributed by atoms with E-state index >= 15 is 0 Å². The van der Waals surface area contributed by atoms with E-state index in [1.54, 1.807) is 6.92 Å². The minimum Gasteiger partial charge on any atom is -0.481 e. The van der Waals surface area contributed by atoms with Crippen LogP contribution in [0.15, 0.2) is 12.1 Å². The highest BCUT2D eigenvalue weighted by Crippen LogP contribution is 2.31. The van der Waals surface area contributed by atoms with Crippen LogP contribution in [0, 0.1) is 5.41 Å². The van der Waals surface area contributed by atoms with E-state index in [-0.39, 0.29) is 28.3 Å². The Morgan fingerprint density at radius 3 is 2.75 bits per heavy atom. The van der Waals surface area contributed by atoms with Crippen LogP contribution >= 0.6 is 23.2 Å². The van der Waals surface area contributed by atoms with Crippen molar-refractivity contribution in [3.05, 3.63) is 28.0 Å². The number of nitrogens with zero attached hydrogens (tertiary/aromatic N) is 2. The maximum Gasteiger partial charge on any atom is 0.311 e. The van der Waals surface area contributed by atoms with Crippen molar-refractivity contribution < 1.29 is 14.7 Å². The molecular weight excluding hydrogens is 303 g/mol. The molecule has 0 spiro atoms. The molecule has 20 heavy (non-hydrogen) atoms. The maximum atomic E-state index is 12.4. The van der Waals surface area contributed by atoms with Crippen molar-refractivity contribution in [2.24, 2.45) is 5.41 Å². The van der Waals surface area contributed by atoms with Crippen molar-refractivity contribution >= 4 is 35.1 Å². The summed E-state index contributed by atoms with van der Waals surface area (Å²) in [6.07, 6.45) is 1.18. The first kappa shape index (κ1) is 15.1. The number of pyridine rings is 1. The largest absolute Gasteiger partial charge is 0.481 e. The number of hydrogen-bond donors (Lipinski definition) is 1. The van der Waals surface area contributed by atoms with Crippen molar-refractivity contribution in [3.63, 3.8) is 0 Å². The monoisotopic (exact) mass is 316 g/mol. The second kappa shape index (κ2) is 5.58. The molecule has 0 aliphatic carbocycles. The van der Waals surface area contributed by atoms with Gasteiger partial charge in [0, 0.05) is 13.1 Å². The summed E-state index contributed by atoms with van der Waals surface area (Å²) in [6.45, 7) is 2.28. The Labute approximate surface area is 126 Å². The zero-order valence-corrected chi connectivity index (χ0v) is 12.4. The first-order valence-electron chi connectivity index (χ1n) is 6.18. The molecule has 1 saturated heterocycles. The molecule has 2 heterocycles. The molecule has 1 aliphatic rings. The van der Waals surface area contributed by atoms with E-state index in [1.165, 1.54) is 17.0 Å². The zero-order valence-electron chi connectivity index (χ0n) is 10.9. The van der Waals surface area contributed by atoms with Crippen molar-refractivity contribution in [2.45, 2.75) is 19.8 Å². The van der Waals surface area contributed by atoms with Gasteiger partial charge >= 0.3 is 5.97 Å². The summed E-state index contributed by atoms with van der Waals surface area (Å²) in [5.41, 5.74) is -0.868. The summed E-state index contributed by atoms with van der Waals surface area (Å²) in [5.74, 6) is -1.29. The molecule has 1 amide bonds. The van der Waals surface area contributed by atoms with Crippen LogP contribution in [0.25, 0.3) is 0 Å². The standard InChI is InChI=1S/C13H14Cl2N2O3/c1-13(12(19)20)5-2-6-17(7-13)11(18)10-8(14)3-4-9(15)16-10/h3-4H,2,5-7H2,1H3,(H,19,20). The second-order valence-electron chi connectivity index (χ2n) is 5.16. The van der Waals surface area contributed by atoms with Gasteiger partial charge in [0.1, 0.15) is 10.8 Å². The number of hydrogen-bond acceptors (Lipinski definition) is 3. The normalized spacial score (nSPS) is 22.6. The van der Waals surface area contributed by atoms with E-state index in [1.807, 2.05) is 0 Å². The van der Waals surface area contributed by atoms with Gasteiger partial charge in [0.05, 0.1) is 10.4 Å². The Morgan fingerprint density at radius 1 is 1.40 bits per heavy atom. The van der Waals surface area contributed by atoms with Gasteiger partial charge in [-0.05, 0) is 31.9 Å². The summed E-state index contributed by atoms with van der Waals surface area (Å²) < 4.78 is 0. The third kappa shape index (κ3) is 2.88. The highest BCUT2D eigenvalue weighted by atomic mass is 35.5. The zero-order chi connectivity index (χ0) is 14.9. The molecule has 1 atom stereocenters. The number of likely N-dealkylation sites (tertiary alicyclic amines) is 1. The molecule has 1 aromatic heterocycles. The molecular formula is C13H14Cl2N2O3. The molecule has 1 N–H and O–H groups in total. The molecule has 1 unspecified atom stereocenters. The first-order chi connectivity index (χ1) is 9.33. The average molecular weight is 317 g/mol. The Kier molecular flexibility index (Phi) is 4.20. The molecule has 1 aromatic rings. The summed E-state index contributed by atoms with van der Waals surface area (Å²) in [6, 6.07) is 3.00. The van der Waals surface area contributed by atoms with Crippen molar-refractivity contribution in [1.82, 2.24) is 9.88 Å². The smallest absolute Gasteiger partial charge is 0.311 e. The number of halogens is 2. The third-order valence-electron chi connectivity index (χ3n) is 3.51. The number of aliphatic carboxylic acids is 1. The molecule has 1 aliphatic heterocycles. The van der Waals surface area contributed by atoms with Gasteiger partial charge in [-0.3, -0.25) is 9.59 Å². The van der Waals surface area contributed by atoms with Gasteiger partial charge < -0.3 is 10.0 Å². The highest BCUT2D eigenvalue weighted by molar-refractivity contribution is 6.34. The molecule has 5 nitrogen and oxygen atoms in total. The number of aromatic nitrogens is 1. The van der Waals surface area contributed by atoms with E-state index in [0.717, 1.165) is 0 Å². The number of carboxylic acid groups (broad SMARTS) is 1. The lowest BCUT2D eigenvalue weighted by Gasteiger charge is -2.37. The maximum absolute atomic E-state index is 12.4. The number of amides is 1. The lowest BCUT2D eigenvalue weighted by atomic mass is 9.82. The Bertz CT molecular complexity index is 565. The van der Waals surface area contributed by atoms with Gasteiger partial charge in [0.2, 0.25) is 0 Å². The molecule has 0 radical (unpaired) electrons. The van der Waals surface area contributed by atoms with Crippen LogP contribution in [-0.4, -0.2) is 40.0 Å². The van der Waals surface area contributed by atoms with Crippen LogP contribution in [-0.2, 0) is 4.79 Å². The summed E-state index contributed by atoms with van der Waals surface area (Å²) in [7, 11) is 0. The lowest BCUT2D eigenvalue weighted by Crippen LogP contribution is -2.48. The van der Waals surface area contributed by atoms with Gasteiger partial charge in [0.15, 0.2) is 0 Å². The van der Waals surface area contributed by atoms with E-state index in [2.05, 4.69) is 4.98 Å². The van der Waals surface area contributed by atoms with Gasteiger partial charge in [-0.25, -0.2) is 4.98 Å². The number of piperidine rings is 1. The van der Waals surface area contributed by atoms with Gasteiger partial charge in [0.25, 0.3) is 5.91 Å². The number of carboxylic acids is 1. The van der Waals surface area contributed by atoms with Crippen molar-refractivity contribution in [2.75, 3.05) is 13.1 Å². The summed E-state index contributed by atoms with van der Waals surface area (Å²) >= 11 is 11.7. The van der Waals surface area contributed by atoms with Crippen molar-refractivity contribution in [1.29, 1.82) is 0 Å². The average Bonchev–Trinajstić information content (AvgIpc) is 2.40. The van der Waals surface area contributed by atoms with Crippen LogP contribution in [0.2, 0.25) is 10.2 Å². The minimum atomic E-state index is -0.932.